The summed E-state index contributed by atoms with van der Waals surface area (Å²) in [7, 11) is 0. The number of benzene rings is 1. The lowest BCUT2D eigenvalue weighted by Crippen LogP contribution is -2.51. The van der Waals surface area contributed by atoms with Gasteiger partial charge in [0.15, 0.2) is 5.78 Å². The number of nitrogens with zero attached hydrogens (tertiary/aromatic N) is 3. The Balaban J connectivity index is 1.88. The standard InChI is InChI=1S/C45H70N4O8S/c1-9-15-41(52)48-22-14-13-16-37(48)39(51)26-35(30(7)12-4)44(54)49(21-10-2)38(29(5)6)27-40(57-23-11-3)43-47-36(28-58-43)42(53)46-33(24-31(8)45(55)56)25-32-17-19-34(50)20-18-32/h17-20,28-31,33,35,37-38,40,50H,9-16,21-27H2,1-8H3,(H,46,53)(H,55,56)/t30-,31-,33+,35-,37+,38+,40+/m0/s1. The van der Waals surface area contributed by atoms with Crippen molar-refractivity contribution < 1.29 is 38.9 Å². The first kappa shape index (κ1) is 48.5. The number of aromatic hydroxyl groups is 1. The summed E-state index contributed by atoms with van der Waals surface area (Å²) in [4.78, 5) is 75.9. The fraction of sp³-hybridized carbons (Fsp3) is 0.689. The minimum atomic E-state index is -0.955. The second-order valence-corrected chi connectivity index (χ2v) is 17.4. The summed E-state index contributed by atoms with van der Waals surface area (Å²) in [5, 5.41) is 24.7. The molecule has 1 aromatic heterocycles. The number of ketones is 1. The quantitative estimate of drug-likeness (QED) is 0.0894. The van der Waals surface area contributed by atoms with Gasteiger partial charge in [0.1, 0.15) is 22.6 Å². The molecular formula is C45H70N4O8S. The first-order chi connectivity index (χ1) is 27.6. The number of phenols is 1. The molecule has 7 atom stereocenters. The fourth-order valence-corrected chi connectivity index (χ4v) is 8.76. The highest BCUT2D eigenvalue weighted by Gasteiger charge is 2.39. The minimum absolute atomic E-state index is 0.0158. The number of Topliss-reactive ketones (excluding diaryl/α,β-unsaturated/α-hetero) is 1. The number of hydrogen-bond donors (Lipinski definition) is 3. The molecule has 3 rings (SSSR count). The largest absolute Gasteiger partial charge is 0.508 e. The number of hydrogen-bond acceptors (Lipinski definition) is 9. The van der Waals surface area contributed by atoms with Crippen LogP contribution in [0.4, 0.5) is 0 Å². The molecule has 1 fully saturated rings. The van der Waals surface area contributed by atoms with E-state index in [9.17, 15) is 34.2 Å². The van der Waals surface area contributed by atoms with Gasteiger partial charge in [-0.3, -0.25) is 24.0 Å². The zero-order chi connectivity index (χ0) is 42.9. The van der Waals surface area contributed by atoms with Gasteiger partial charge in [-0.1, -0.05) is 73.9 Å². The van der Waals surface area contributed by atoms with Crippen LogP contribution in [0.3, 0.4) is 0 Å². The van der Waals surface area contributed by atoms with E-state index < -0.39 is 41.9 Å². The predicted octanol–water partition coefficient (Wildman–Crippen LogP) is 8.22. The van der Waals surface area contributed by atoms with Crippen LogP contribution in [0.15, 0.2) is 29.6 Å². The van der Waals surface area contributed by atoms with Crippen LogP contribution in [-0.4, -0.2) is 92.3 Å². The monoisotopic (exact) mass is 826 g/mol. The maximum Gasteiger partial charge on any atom is 0.306 e. The summed E-state index contributed by atoms with van der Waals surface area (Å²) in [6.07, 6.45) is 6.38. The Hall–Kier alpha value is -3.84. The summed E-state index contributed by atoms with van der Waals surface area (Å²) in [5.74, 6) is -2.55. The number of aromatic nitrogens is 1. The van der Waals surface area contributed by atoms with Crippen LogP contribution in [0, 0.1) is 23.7 Å². The average Bonchev–Trinajstić information content (AvgIpc) is 3.70. The van der Waals surface area contributed by atoms with E-state index in [1.54, 1.807) is 41.5 Å². The molecule has 0 bridgehead atoms. The highest BCUT2D eigenvalue weighted by molar-refractivity contribution is 7.09. The third kappa shape index (κ3) is 14.2. The van der Waals surface area contributed by atoms with Crippen LogP contribution < -0.4 is 5.32 Å². The van der Waals surface area contributed by atoms with E-state index in [0.29, 0.717) is 50.4 Å². The van der Waals surface area contributed by atoms with E-state index in [1.807, 2.05) is 39.5 Å². The molecule has 58 heavy (non-hydrogen) atoms. The Bertz CT molecular complexity index is 1610. The van der Waals surface area contributed by atoms with Gasteiger partial charge in [0.25, 0.3) is 5.91 Å². The lowest BCUT2D eigenvalue weighted by atomic mass is 9.82. The third-order valence-corrected chi connectivity index (χ3v) is 12.4. The average molecular weight is 827 g/mol. The van der Waals surface area contributed by atoms with Crippen molar-refractivity contribution in [2.45, 2.75) is 157 Å². The number of phenolic OH excluding ortho intramolecular Hbond substituents is 1. The summed E-state index contributed by atoms with van der Waals surface area (Å²) in [6, 6.07) is 5.38. The zero-order valence-electron chi connectivity index (χ0n) is 36.2. The molecule has 1 aliphatic heterocycles. The molecule has 3 amide bonds. The Morgan fingerprint density at radius 1 is 0.983 bits per heavy atom. The smallest absolute Gasteiger partial charge is 0.306 e. The van der Waals surface area contributed by atoms with Crippen molar-refractivity contribution in [1.29, 1.82) is 0 Å². The summed E-state index contributed by atoms with van der Waals surface area (Å²) in [5.41, 5.74) is 1.05. The molecule has 1 aromatic carbocycles. The van der Waals surface area contributed by atoms with Crippen LogP contribution in [-0.2, 0) is 30.3 Å². The molecule has 0 spiro atoms. The van der Waals surface area contributed by atoms with E-state index in [4.69, 9.17) is 9.72 Å². The van der Waals surface area contributed by atoms with Gasteiger partial charge in [0.05, 0.1) is 12.0 Å². The number of piperidine rings is 1. The Morgan fingerprint density at radius 2 is 1.69 bits per heavy atom. The van der Waals surface area contributed by atoms with Gasteiger partial charge < -0.3 is 30.1 Å². The van der Waals surface area contributed by atoms with Crippen LogP contribution in [0.2, 0.25) is 0 Å². The predicted molar refractivity (Wildman–Crippen MR) is 228 cm³/mol. The van der Waals surface area contributed by atoms with Crippen LogP contribution >= 0.6 is 11.3 Å². The van der Waals surface area contributed by atoms with Crippen molar-refractivity contribution in [3.8, 4) is 5.75 Å². The topological polar surface area (TPSA) is 166 Å². The number of carboxylic acid groups (broad SMARTS) is 1. The van der Waals surface area contributed by atoms with Crippen LogP contribution in [0.5, 0.6) is 5.75 Å². The Labute approximate surface area is 350 Å². The van der Waals surface area contributed by atoms with Gasteiger partial charge in [-0.15, -0.1) is 11.3 Å². The van der Waals surface area contributed by atoms with Crippen LogP contribution in [0.1, 0.15) is 153 Å². The second kappa shape index (κ2) is 24.3. The molecule has 0 radical (unpaired) electrons. The van der Waals surface area contributed by atoms with E-state index in [1.165, 1.54) is 11.3 Å². The first-order valence-corrected chi connectivity index (χ1v) is 22.5. The number of likely N-dealkylation sites (tertiary alicyclic amines) is 1. The molecule has 2 aromatic rings. The molecule has 0 saturated carbocycles. The molecule has 0 aliphatic carbocycles. The zero-order valence-corrected chi connectivity index (χ0v) is 37.0. The van der Waals surface area contributed by atoms with Crippen molar-refractivity contribution >= 4 is 40.8 Å². The molecule has 0 unspecified atom stereocenters. The maximum absolute atomic E-state index is 14.8. The van der Waals surface area contributed by atoms with E-state index in [-0.39, 0.29) is 59.8 Å². The number of amides is 3. The van der Waals surface area contributed by atoms with Gasteiger partial charge in [-0.2, -0.15) is 0 Å². The molecule has 3 N–H and O–H groups in total. The van der Waals surface area contributed by atoms with E-state index >= 15 is 0 Å². The second-order valence-electron chi connectivity index (χ2n) is 16.5. The summed E-state index contributed by atoms with van der Waals surface area (Å²) < 4.78 is 6.44. The number of thiazole rings is 1. The van der Waals surface area contributed by atoms with Gasteiger partial charge >= 0.3 is 5.97 Å². The number of carbonyl (C=O) groups excluding carboxylic acids is 4. The number of nitrogens with one attached hydrogen (secondary N) is 1. The fourth-order valence-electron chi connectivity index (χ4n) is 7.90. The SMILES string of the molecule is CCCO[C@H](C[C@H](C(C)C)N(CCC)C(=O)[C@@H](CC(=O)[C@H]1CCCCN1C(=O)CCC)[C@@H](C)CC)c1nc(C(=O)N[C@@H](Cc2ccc(O)cc2)C[C@H](C)C(=O)O)cs1. The number of aliphatic carboxylic acids is 1. The first-order valence-electron chi connectivity index (χ1n) is 21.7. The number of carboxylic acids is 1. The van der Waals surface area contributed by atoms with Crippen molar-refractivity contribution in [3.05, 3.63) is 45.9 Å². The molecular weight excluding hydrogens is 757 g/mol. The van der Waals surface area contributed by atoms with E-state index in [2.05, 4.69) is 19.2 Å². The molecule has 2 heterocycles. The summed E-state index contributed by atoms with van der Waals surface area (Å²) in [6.45, 7) is 17.5. The number of carbonyl (C=O) groups is 5. The van der Waals surface area contributed by atoms with Crippen molar-refractivity contribution in [1.82, 2.24) is 20.1 Å². The Kier molecular flexibility index (Phi) is 20.3. The lowest BCUT2D eigenvalue weighted by Gasteiger charge is -2.40. The molecule has 1 saturated heterocycles. The maximum atomic E-state index is 14.8. The van der Waals surface area contributed by atoms with Crippen molar-refractivity contribution in [3.63, 3.8) is 0 Å². The highest BCUT2D eigenvalue weighted by Crippen LogP contribution is 2.34. The number of rotatable bonds is 25. The van der Waals surface area contributed by atoms with Crippen LogP contribution in [0.25, 0.3) is 0 Å². The molecule has 324 valence electrons. The minimum Gasteiger partial charge on any atom is -0.508 e. The Morgan fingerprint density at radius 3 is 2.29 bits per heavy atom. The molecule has 13 heteroatoms. The third-order valence-electron chi connectivity index (χ3n) is 11.5. The van der Waals surface area contributed by atoms with Gasteiger partial charge in [0.2, 0.25) is 11.8 Å². The number of ether oxygens (including phenoxy) is 1. The molecule has 1 aliphatic rings. The highest BCUT2D eigenvalue weighted by atomic mass is 32.1. The van der Waals surface area contributed by atoms with E-state index in [0.717, 1.165) is 44.1 Å². The van der Waals surface area contributed by atoms with Gasteiger partial charge in [-0.05, 0) is 80.9 Å². The molecule has 12 nitrogen and oxygen atoms in total. The van der Waals surface area contributed by atoms with Crippen molar-refractivity contribution in [2.75, 3.05) is 19.7 Å². The van der Waals surface area contributed by atoms with Crippen molar-refractivity contribution in [2.24, 2.45) is 23.7 Å². The lowest BCUT2D eigenvalue weighted by molar-refractivity contribution is -0.147. The normalized spacial score (nSPS) is 17.5. The van der Waals surface area contributed by atoms with Gasteiger partial charge in [-0.25, -0.2) is 4.98 Å². The van der Waals surface area contributed by atoms with Gasteiger partial charge in [0, 0.05) is 62.3 Å². The summed E-state index contributed by atoms with van der Waals surface area (Å²) >= 11 is 1.32.